The molecule has 1 atom stereocenters. The third kappa shape index (κ3) is 3.22. The van der Waals surface area contributed by atoms with Crippen LogP contribution >= 0.6 is 0 Å². The van der Waals surface area contributed by atoms with Crippen LogP contribution in [0.5, 0.6) is 0 Å². The molecule has 0 rings (SSSR count). The highest BCUT2D eigenvalue weighted by Gasteiger charge is 2.44. The molecule has 0 fully saturated rings. The fourth-order valence-corrected chi connectivity index (χ4v) is 0.579. The zero-order chi connectivity index (χ0) is 9.94. The molecule has 0 aliphatic heterocycles. The quantitative estimate of drug-likeness (QED) is 0.620. The van der Waals surface area contributed by atoms with Crippen LogP contribution in [0.3, 0.4) is 0 Å². The number of carbonyl (C=O) groups is 2. The standard InChI is InChI=1S/C5H7F3N2O2/c6-5(7,8)2(4(10)12)1-3(9)11/h2H,1H2,(H2,9,11)(H2,10,12). The Balaban J connectivity index is 4.46. The molecule has 2 amide bonds. The Hall–Kier alpha value is -1.27. The minimum Gasteiger partial charge on any atom is -0.370 e. The second-order valence-corrected chi connectivity index (χ2v) is 2.17. The summed E-state index contributed by atoms with van der Waals surface area (Å²) in [6, 6.07) is 0. The van der Waals surface area contributed by atoms with Crippen molar-refractivity contribution in [3.8, 4) is 0 Å². The monoisotopic (exact) mass is 184 g/mol. The molecule has 7 heteroatoms. The Kier molecular flexibility index (Phi) is 3.06. The van der Waals surface area contributed by atoms with Gasteiger partial charge in [-0.05, 0) is 0 Å². The first kappa shape index (κ1) is 10.7. The Labute approximate surface area is 65.7 Å². The molecule has 70 valence electrons. The van der Waals surface area contributed by atoms with Gasteiger partial charge < -0.3 is 11.5 Å². The molecule has 0 saturated heterocycles. The Bertz CT molecular complexity index is 201. The van der Waals surface area contributed by atoms with E-state index in [9.17, 15) is 22.8 Å². The third-order valence-corrected chi connectivity index (χ3v) is 1.14. The average molecular weight is 184 g/mol. The molecule has 0 saturated carbocycles. The molecule has 0 heterocycles. The van der Waals surface area contributed by atoms with Gasteiger partial charge in [-0.1, -0.05) is 0 Å². The molecule has 0 aromatic heterocycles. The third-order valence-electron chi connectivity index (χ3n) is 1.14. The van der Waals surface area contributed by atoms with Crippen molar-refractivity contribution >= 4 is 11.8 Å². The molecule has 0 aromatic rings. The smallest absolute Gasteiger partial charge is 0.370 e. The maximum absolute atomic E-state index is 11.8. The van der Waals surface area contributed by atoms with Crippen molar-refractivity contribution in [2.24, 2.45) is 17.4 Å². The van der Waals surface area contributed by atoms with Crippen LogP contribution in [0, 0.1) is 5.92 Å². The molecule has 0 spiro atoms. The summed E-state index contributed by atoms with van der Waals surface area (Å²) in [4.78, 5) is 20.3. The van der Waals surface area contributed by atoms with Crippen LogP contribution in [-0.2, 0) is 9.59 Å². The molecule has 0 bridgehead atoms. The highest BCUT2D eigenvalue weighted by atomic mass is 19.4. The second kappa shape index (κ2) is 3.42. The first-order valence-electron chi connectivity index (χ1n) is 2.89. The summed E-state index contributed by atoms with van der Waals surface area (Å²) in [5, 5.41) is 0. The number of amides is 2. The van der Waals surface area contributed by atoms with Gasteiger partial charge in [0.25, 0.3) is 0 Å². The highest BCUT2D eigenvalue weighted by Crippen LogP contribution is 2.28. The largest absolute Gasteiger partial charge is 0.400 e. The van der Waals surface area contributed by atoms with E-state index in [1.807, 2.05) is 0 Å². The van der Waals surface area contributed by atoms with Crippen LogP contribution in [0.4, 0.5) is 13.2 Å². The summed E-state index contributed by atoms with van der Waals surface area (Å²) >= 11 is 0. The summed E-state index contributed by atoms with van der Waals surface area (Å²) in [5.74, 6) is -5.28. The normalized spacial score (nSPS) is 13.9. The number of hydrogen-bond donors (Lipinski definition) is 2. The predicted molar refractivity (Wildman–Crippen MR) is 32.6 cm³/mol. The molecular formula is C5H7F3N2O2. The van der Waals surface area contributed by atoms with E-state index in [2.05, 4.69) is 11.5 Å². The van der Waals surface area contributed by atoms with Crippen LogP contribution < -0.4 is 11.5 Å². The Morgan fingerprint density at radius 3 is 1.75 bits per heavy atom. The second-order valence-electron chi connectivity index (χ2n) is 2.17. The molecule has 0 aliphatic carbocycles. The fraction of sp³-hybridized carbons (Fsp3) is 0.600. The number of hydrogen-bond acceptors (Lipinski definition) is 2. The van der Waals surface area contributed by atoms with Crippen LogP contribution in [0.15, 0.2) is 0 Å². The number of nitrogens with two attached hydrogens (primary N) is 2. The number of carbonyl (C=O) groups excluding carboxylic acids is 2. The highest BCUT2D eigenvalue weighted by molar-refractivity contribution is 5.84. The summed E-state index contributed by atoms with van der Waals surface area (Å²) < 4.78 is 35.5. The maximum atomic E-state index is 11.8. The lowest BCUT2D eigenvalue weighted by molar-refractivity contribution is -0.183. The van der Waals surface area contributed by atoms with E-state index in [4.69, 9.17) is 0 Å². The van der Waals surface area contributed by atoms with Gasteiger partial charge in [-0.2, -0.15) is 13.2 Å². The maximum Gasteiger partial charge on any atom is 0.400 e. The molecule has 0 radical (unpaired) electrons. The Morgan fingerprint density at radius 1 is 1.25 bits per heavy atom. The van der Waals surface area contributed by atoms with Gasteiger partial charge in [0.15, 0.2) is 0 Å². The molecule has 0 aromatic carbocycles. The van der Waals surface area contributed by atoms with E-state index < -0.39 is 30.3 Å². The lowest BCUT2D eigenvalue weighted by atomic mass is 10.0. The lowest BCUT2D eigenvalue weighted by Gasteiger charge is -2.14. The first-order chi connectivity index (χ1) is 5.25. The van der Waals surface area contributed by atoms with Gasteiger partial charge in [0.2, 0.25) is 11.8 Å². The molecular weight excluding hydrogens is 177 g/mol. The molecule has 1 unspecified atom stereocenters. The van der Waals surface area contributed by atoms with Crippen molar-refractivity contribution in [3.63, 3.8) is 0 Å². The average Bonchev–Trinajstić information content (AvgIpc) is 1.79. The minimum absolute atomic E-state index is 1.10. The minimum atomic E-state index is -4.80. The Morgan fingerprint density at radius 2 is 1.67 bits per heavy atom. The van der Waals surface area contributed by atoms with Crippen molar-refractivity contribution in [3.05, 3.63) is 0 Å². The van der Waals surface area contributed by atoms with Gasteiger partial charge in [0.05, 0.1) is 0 Å². The number of primary amides is 2. The zero-order valence-corrected chi connectivity index (χ0v) is 5.89. The van der Waals surface area contributed by atoms with Gasteiger partial charge in [-0.3, -0.25) is 9.59 Å². The van der Waals surface area contributed by atoms with Crippen LogP contribution in [0.25, 0.3) is 0 Å². The first-order valence-corrected chi connectivity index (χ1v) is 2.89. The number of halogens is 3. The van der Waals surface area contributed by atoms with Crippen molar-refractivity contribution in [2.45, 2.75) is 12.6 Å². The van der Waals surface area contributed by atoms with Gasteiger partial charge in [-0.25, -0.2) is 0 Å². The summed E-state index contributed by atoms with van der Waals surface area (Å²) in [6.45, 7) is 0. The van der Waals surface area contributed by atoms with Crippen LogP contribution in [0.1, 0.15) is 6.42 Å². The van der Waals surface area contributed by atoms with Crippen LogP contribution in [0.2, 0.25) is 0 Å². The van der Waals surface area contributed by atoms with E-state index in [0.717, 1.165) is 0 Å². The molecule has 4 N–H and O–H groups in total. The predicted octanol–water partition coefficient (Wildman–Crippen LogP) is -0.474. The van der Waals surface area contributed by atoms with Crippen molar-refractivity contribution in [2.75, 3.05) is 0 Å². The van der Waals surface area contributed by atoms with Crippen molar-refractivity contribution < 1.29 is 22.8 Å². The van der Waals surface area contributed by atoms with E-state index >= 15 is 0 Å². The molecule has 0 aliphatic rings. The number of rotatable bonds is 3. The van der Waals surface area contributed by atoms with Gasteiger partial charge in [0.1, 0.15) is 5.92 Å². The van der Waals surface area contributed by atoms with E-state index in [0.29, 0.717) is 0 Å². The zero-order valence-electron chi connectivity index (χ0n) is 5.89. The van der Waals surface area contributed by atoms with Gasteiger partial charge >= 0.3 is 6.18 Å². The summed E-state index contributed by atoms with van der Waals surface area (Å²) in [6.07, 6.45) is -5.90. The summed E-state index contributed by atoms with van der Waals surface area (Å²) in [7, 11) is 0. The van der Waals surface area contributed by atoms with Crippen molar-refractivity contribution in [1.29, 1.82) is 0 Å². The van der Waals surface area contributed by atoms with Gasteiger partial charge in [-0.15, -0.1) is 0 Å². The van der Waals surface area contributed by atoms with E-state index in [-0.39, 0.29) is 0 Å². The molecule has 12 heavy (non-hydrogen) atoms. The summed E-state index contributed by atoms with van der Waals surface area (Å²) in [5.41, 5.74) is 8.89. The SMILES string of the molecule is NC(=O)CC(C(N)=O)C(F)(F)F. The van der Waals surface area contributed by atoms with Crippen LogP contribution in [-0.4, -0.2) is 18.0 Å². The van der Waals surface area contributed by atoms with Crippen molar-refractivity contribution in [1.82, 2.24) is 0 Å². The number of alkyl halides is 3. The van der Waals surface area contributed by atoms with Gasteiger partial charge in [0, 0.05) is 6.42 Å². The van der Waals surface area contributed by atoms with E-state index in [1.165, 1.54) is 0 Å². The molecule has 4 nitrogen and oxygen atoms in total. The van der Waals surface area contributed by atoms with E-state index in [1.54, 1.807) is 0 Å². The fourth-order valence-electron chi connectivity index (χ4n) is 0.579. The lowest BCUT2D eigenvalue weighted by Crippen LogP contribution is -2.38. The topological polar surface area (TPSA) is 86.2 Å².